The van der Waals surface area contributed by atoms with Crippen LogP contribution in [0.15, 0.2) is 72.3 Å². The highest BCUT2D eigenvalue weighted by Crippen LogP contribution is 2.15. The molecule has 1 nitrogen and oxygen atoms in total. The summed E-state index contributed by atoms with van der Waals surface area (Å²) in [6.07, 6.45) is 6.24. The van der Waals surface area contributed by atoms with Crippen LogP contribution in [0, 0.1) is 0 Å². The molecule has 2 aromatic rings. The zero-order valence-corrected chi connectivity index (χ0v) is 13.3. The van der Waals surface area contributed by atoms with Crippen LogP contribution in [0.1, 0.15) is 37.3 Å². The van der Waals surface area contributed by atoms with Crippen LogP contribution in [0.2, 0.25) is 0 Å². The molecule has 22 heavy (non-hydrogen) atoms. The summed E-state index contributed by atoms with van der Waals surface area (Å²) in [5.74, 6) is 0.253. The van der Waals surface area contributed by atoms with Gasteiger partial charge >= 0.3 is 0 Å². The summed E-state index contributed by atoms with van der Waals surface area (Å²) in [6.45, 7) is 2.12. The third-order valence-corrected chi connectivity index (χ3v) is 3.69. The number of ketones is 1. The molecule has 0 fully saturated rings. The van der Waals surface area contributed by atoms with E-state index in [4.69, 9.17) is 0 Å². The van der Waals surface area contributed by atoms with E-state index in [0.717, 1.165) is 25.7 Å². The van der Waals surface area contributed by atoms with Gasteiger partial charge in [0.15, 0.2) is 5.78 Å². The van der Waals surface area contributed by atoms with E-state index in [1.807, 2.05) is 42.5 Å². The summed E-state index contributed by atoms with van der Waals surface area (Å²) >= 11 is 0. The van der Waals surface area contributed by atoms with E-state index in [9.17, 15) is 4.79 Å². The fourth-order valence-corrected chi connectivity index (χ4v) is 2.53. The number of benzene rings is 2. The molecule has 1 heteroatoms. The molecule has 0 N–H and O–H groups in total. The SMILES string of the molecule is CCCCC(=O)C=C(Cc1ccccc1)Cc1ccccc1. The zero-order chi connectivity index (χ0) is 15.6. The summed E-state index contributed by atoms with van der Waals surface area (Å²) < 4.78 is 0. The van der Waals surface area contributed by atoms with Crippen molar-refractivity contribution in [3.63, 3.8) is 0 Å². The largest absolute Gasteiger partial charge is 0.295 e. The molecule has 0 spiro atoms. The number of rotatable bonds is 8. The molecule has 0 unspecified atom stereocenters. The Morgan fingerprint density at radius 3 is 1.82 bits per heavy atom. The van der Waals surface area contributed by atoms with Gasteiger partial charge in [-0.05, 0) is 36.5 Å². The molecule has 0 amide bonds. The molecule has 0 aromatic heterocycles. The van der Waals surface area contributed by atoms with Gasteiger partial charge in [-0.1, -0.05) is 79.6 Å². The molecule has 0 aliphatic heterocycles. The Hall–Kier alpha value is -2.15. The minimum Gasteiger partial charge on any atom is -0.295 e. The fourth-order valence-electron chi connectivity index (χ4n) is 2.53. The van der Waals surface area contributed by atoms with Crippen LogP contribution >= 0.6 is 0 Å². The summed E-state index contributed by atoms with van der Waals surface area (Å²) in [7, 11) is 0. The predicted octanol–water partition coefficient (Wildman–Crippen LogP) is 5.16. The first-order chi connectivity index (χ1) is 10.8. The third-order valence-electron chi connectivity index (χ3n) is 3.69. The maximum atomic E-state index is 12.1. The highest BCUT2D eigenvalue weighted by molar-refractivity contribution is 5.90. The van der Waals surface area contributed by atoms with Crippen LogP contribution in [-0.2, 0) is 17.6 Å². The molecular weight excluding hydrogens is 268 g/mol. The molecule has 0 heterocycles. The molecule has 2 aromatic carbocycles. The molecule has 114 valence electrons. The smallest absolute Gasteiger partial charge is 0.155 e. The molecule has 0 atom stereocenters. The highest BCUT2D eigenvalue weighted by Gasteiger charge is 2.05. The Morgan fingerprint density at radius 2 is 1.36 bits per heavy atom. The van der Waals surface area contributed by atoms with Crippen molar-refractivity contribution in [1.82, 2.24) is 0 Å². The van der Waals surface area contributed by atoms with Gasteiger partial charge in [0.05, 0.1) is 0 Å². The second kappa shape index (κ2) is 8.99. The Balaban J connectivity index is 2.13. The summed E-state index contributed by atoms with van der Waals surface area (Å²) in [5, 5.41) is 0. The average Bonchev–Trinajstić information content (AvgIpc) is 2.55. The van der Waals surface area contributed by atoms with Crippen molar-refractivity contribution in [2.75, 3.05) is 0 Å². The van der Waals surface area contributed by atoms with E-state index in [2.05, 4.69) is 31.2 Å². The van der Waals surface area contributed by atoms with Crippen LogP contribution in [0.4, 0.5) is 0 Å². The minimum absolute atomic E-state index is 0.253. The lowest BCUT2D eigenvalue weighted by molar-refractivity contribution is -0.114. The van der Waals surface area contributed by atoms with Crippen LogP contribution in [-0.4, -0.2) is 5.78 Å². The molecule has 0 aliphatic carbocycles. The maximum absolute atomic E-state index is 12.1. The van der Waals surface area contributed by atoms with Crippen molar-refractivity contribution in [3.05, 3.63) is 83.4 Å². The molecule has 0 saturated heterocycles. The van der Waals surface area contributed by atoms with Gasteiger partial charge in [-0.3, -0.25) is 4.79 Å². The van der Waals surface area contributed by atoms with Gasteiger partial charge in [0.2, 0.25) is 0 Å². The van der Waals surface area contributed by atoms with Gasteiger partial charge < -0.3 is 0 Å². The molecular formula is C21H24O. The Labute approximate surface area is 133 Å². The van der Waals surface area contributed by atoms with E-state index in [-0.39, 0.29) is 5.78 Å². The number of hydrogen-bond donors (Lipinski definition) is 0. The Kier molecular flexibility index (Phi) is 6.63. The van der Waals surface area contributed by atoms with E-state index in [0.29, 0.717) is 6.42 Å². The van der Waals surface area contributed by atoms with E-state index in [1.54, 1.807) is 0 Å². The molecule has 0 aliphatic rings. The van der Waals surface area contributed by atoms with Crippen LogP contribution < -0.4 is 0 Å². The Morgan fingerprint density at radius 1 is 0.864 bits per heavy atom. The van der Waals surface area contributed by atoms with Crippen LogP contribution in [0.3, 0.4) is 0 Å². The number of allylic oxidation sites excluding steroid dienone is 2. The van der Waals surface area contributed by atoms with Crippen molar-refractivity contribution in [2.24, 2.45) is 0 Å². The average molecular weight is 292 g/mol. The van der Waals surface area contributed by atoms with Gasteiger partial charge in [-0.2, -0.15) is 0 Å². The molecule has 2 rings (SSSR count). The Bertz CT molecular complexity index is 553. The van der Waals surface area contributed by atoms with Crippen molar-refractivity contribution < 1.29 is 4.79 Å². The lowest BCUT2D eigenvalue weighted by Gasteiger charge is -2.08. The first kappa shape index (κ1) is 16.2. The van der Waals surface area contributed by atoms with Crippen molar-refractivity contribution in [1.29, 1.82) is 0 Å². The first-order valence-corrected chi connectivity index (χ1v) is 8.08. The quantitative estimate of drug-likeness (QED) is 0.614. The second-order valence-corrected chi connectivity index (χ2v) is 5.70. The van der Waals surface area contributed by atoms with Gasteiger partial charge in [-0.25, -0.2) is 0 Å². The number of carbonyl (C=O) groups excluding carboxylic acids is 1. The number of hydrogen-bond acceptors (Lipinski definition) is 1. The van der Waals surface area contributed by atoms with Gasteiger partial charge in [0.25, 0.3) is 0 Å². The molecule has 0 bridgehead atoms. The minimum atomic E-state index is 0.253. The second-order valence-electron chi connectivity index (χ2n) is 5.70. The lowest BCUT2D eigenvalue weighted by atomic mass is 9.96. The maximum Gasteiger partial charge on any atom is 0.155 e. The monoisotopic (exact) mass is 292 g/mol. The van der Waals surface area contributed by atoms with Crippen molar-refractivity contribution in [2.45, 2.75) is 39.0 Å². The third kappa shape index (κ3) is 5.69. The van der Waals surface area contributed by atoms with Crippen LogP contribution in [0.25, 0.3) is 0 Å². The lowest BCUT2D eigenvalue weighted by Crippen LogP contribution is -2.01. The predicted molar refractivity (Wildman–Crippen MR) is 92.9 cm³/mol. The zero-order valence-electron chi connectivity index (χ0n) is 13.3. The van der Waals surface area contributed by atoms with Crippen molar-refractivity contribution in [3.8, 4) is 0 Å². The van der Waals surface area contributed by atoms with Gasteiger partial charge in [0, 0.05) is 6.42 Å². The normalized spacial score (nSPS) is 10.2. The van der Waals surface area contributed by atoms with Gasteiger partial charge in [-0.15, -0.1) is 0 Å². The van der Waals surface area contributed by atoms with Gasteiger partial charge in [0.1, 0.15) is 0 Å². The number of unbranched alkanes of at least 4 members (excludes halogenated alkanes) is 1. The molecule has 0 radical (unpaired) electrons. The summed E-state index contributed by atoms with van der Waals surface area (Å²) in [4.78, 5) is 12.1. The van der Waals surface area contributed by atoms with Crippen molar-refractivity contribution >= 4 is 5.78 Å². The van der Waals surface area contributed by atoms with E-state index >= 15 is 0 Å². The van der Waals surface area contributed by atoms with E-state index < -0.39 is 0 Å². The van der Waals surface area contributed by atoms with Crippen LogP contribution in [0.5, 0.6) is 0 Å². The first-order valence-electron chi connectivity index (χ1n) is 8.08. The van der Waals surface area contributed by atoms with E-state index in [1.165, 1.54) is 16.7 Å². The fraction of sp³-hybridized carbons (Fsp3) is 0.286. The topological polar surface area (TPSA) is 17.1 Å². The molecule has 0 saturated carbocycles. The standard InChI is InChI=1S/C21H24O/c1-2-3-14-21(22)17-20(15-18-10-6-4-7-11-18)16-19-12-8-5-9-13-19/h4-13,17H,2-3,14-16H2,1H3. The summed E-state index contributed by atoms with van der Waals surface area (Å²) in [5.41, 5.74) is 3.71. The summed E-state index contributed by atoms with van der Waals surface area (Å²) in [6, 6.07) is 20.7. The number of carbonyl (C=O) groups is 1. The highest BCUT2D eigenvalue weighted by atomic mass is 16.1.